The normalized spacial score (nSPS) is 16.6. The van der Waals surface area contributed by atoms with Crippen LogP contribution in [-0.4, -0.2) is 32.2 Å². The van der Waals surface area contributed by atoms with E-state index in [2.05, 4.69) is 10.3 Å². The predicted octanol–water partition coefficient (Wildman–Crippen LogP) is 0.514. The second-order valence-electron chi connectivity index (χ2n) is 4.27. The lowest BCUT2D eigenvalue weighted by Gasteiger charge is -1.98. The first-order chi connectivity index (χ1) is 7.53. The van der Waals surface area contributed by atoms with Crippen molar-refractivity contribution in [1.29, 1.82) is 0 Å². The summed E-state index contributed by atoms with van der Waals surface area (Å²) in [6.45, 7) is 0.837. The minimum Gasteiger partial charge on any atom is -0.445 e. The molecular weight excluding hydrogens is 228 g/mol. The van der Waals surface area contributed by atoms with Gasteiger partial charge in [-0.05, 0) is 12.8 Å². The molecule has 1 aromatic rings. The number of hydrogen-bond donors (Lipinski definition) is 1. The molecule has 1 aliphatic rings. The Kier molecular flexibility index (Phi) is 3.30. The number of nitrogens with zero attached hydrogens (tertiary/aromatic N) is 1. The smallest absolute Gasteiger partial charge is 0.195 e. The standard InChI is InChI=1S/C10H16N2O3S/c1-16(13,14)7-9-6-12-10(15-9)4-5-11-8-2-3-8/h6,8,11H,2-5,7H2,1H3. The van der Waals surface area contributed by atoms with Gasteiger partial charge in [0.05, 0.1) is 6.20 Å². The molecule has 0 radical (unpaired) electrons. The Hall–Kier alpha value is -0.880. The van der Waals surface area contributed by atoms with Crippen molar-refractivity contribution < 1.29 is 12.8 Å². The van der Waals surface area contributed by atoms with Crippen molar-refractivity contribution in [2.75, 3.05) is 12.8 Å². The Bertz CT molecular complexity index is 448. The number of aromatic nitrogens is 1. The van der Waals surface area contributed by atoms with E-state index in [1.165, 1.54) is 25.3 Å². The molecule has 0 atom stereocenters. The van der Waals surface area contributed by atoms with Crippen LogP contribution in [0.5, 0.6) is 0 Å². The molecule has 0 spiro atoms. The van der Waals surface area contributed by atoms with Gasteiger partial charge in [0.1, 0.15) is 11.5 Å². The van der Waals surface area contributed by atoms with Crippen LogP contribution < -0.4 is 5.32 Å². The number of oxazole rings is 1. The highest BCUT2D eigenvalue weighted by Crippen LogP contribution is 2.18. The monoisotopic (exact) mass is 244 g/mol. The van der Waals surface area contributed by atoms with Crippen molar-refractivity contribution in [2.45, 2.75) is 31.1 Å². The summed E-state index contributed by atoms with van der Waals surface area (Å²) in [5.41, 5.74) is 0. The topological polar surface area (TPSA) is 72.2 Å². The lowest BCUT2D eigenvalue weighted by atomic mass is 10.4. The Balaban J connectivity index is 1.81. The third-order valence-corrected chi connectivity index (χ3v) is 3.16. The van der Waals surface area contributed by atoms with Gasteiger partial charge in [-0.3, -0.25) is 0 Å². The quantitative estimate of drug-likeness (QED) is 0.789. The van der Waals surface area contributed by atoms with Crippen molar-refractivity contribution in [3.05, 3.63) is 17.8 Å². The summed E-state index contributed by atoms with van der Waals surface area (Å²) in [5, 5.41) is 3.34. The summed E-state index contributed by atoms with van der Waals surface area (Å²) in [6, 6.07) is 0.672. The van der Waals surface area contributed by atoms with Crippen LogP contribution in [-0.2, 0) is 22.0 Å². The van der Waals surface area contributed by atoms with E-state index in [1.54, 1.807) is 0 Å². The molecule has 1 saturated carbocycles. The summed E-state index contributed by atoms with van der Waals surface area (Å²) < 4.78 is 27.4. The number of hydrogen-bond acceptors (Lipinski definition) is 5. The van der Waals surface area contributed by atoms with Crippen molar-refractivity contribution >= 4 is 9.84 Å². The van der Waals surface area contributed by atoms with E-state index in [0.717, 1.165) is 6.54 Å². The van der Waals surface area contributed by atoms with E-state index in [0.29, 0.717) is 24.1 Å². The van der Waals surface area contributed by atoms with Gasteiger partial charge >= 0.3 is 0 Å². The lowest BCUT2D eigenvalue weighted by Crippen LogP contribution is -2.19. The van der Waals surface area contributed by atoms with E-state index in [1.807, 2.05) is 0 Å². The first-order valence-corrected chi connectivity index (χ1v) is 7.44. The molecule has 1 N–H and O–H groups in total. The first-order valence-electron chi connectivity index (χ1n) is 5.37. The molecular formula is C10H16N2O3S. The number of nitrogens with one attached hydrogen (secondary N) is 1. The summed E-state index contributed by atoms with van der Waals surface area (Å²) in [6.07, 6.45) is 5.90. The zero-order valence-corrected chi connectivity index (χ0v) is 10.1. The zero-order valence-electron chi connectivity index (χ0n) is 9.27. The van der Waals surface area contributed by atoms with Gasteiger partial charge in [0, 0.05) is 25.3 Å². The summed E-state index contributed by atoms with van der Waals surface area (Å²) in [7, 11) is -3.04. The number of sulfone groups is 1. The Morgan fingerprint density at radius 1 is 1.56 bits per heavy atom. The van der Waals surface area contributed by atoms with E-state index >= 15 is 0 Å². The van der Waals surface area contributed by atoms with Gasteiger partial charge in [0.25, 0.3) is 0 Å². The molecule has 0 bridgehead atoms. The Morgan fingerprint density at radius 2 is 2.31 bits per heavy atom. The van der Waals surface area contributed by atoms with Crippen LogP contribution in [0.15, 0.2) is 10.6 Å². The van der Waals surface area contributed by atoms with Gasteiger partial charge in [-0.1, -0.05) is 0 Å². The summed E-state index contributed by atoms with van der Waals surface area (Å²) in [5.74, 6) is 0.950. The van der Waals surface area contributed by atoms with Crippen LogP contribution in [0, 0.1) is 0 Å². The van der Waals surface area contributed by atoms with Crippen LogP contribution in [0.3, 0.4) is 0 Å². The SMILES string of the molecule is CS(=O)(=O)Cc1cnc(CCNC2CC2)o1. The maximum atomic E-state index is 11.0. The van der Waals surface area contributed by atoms with Crippen molar-refractivity contribution in [1.82, 2.24) is 10.3 Å². The van der Waals surface area contributed by atoms with Crippen LogP contribution >= 0.6 is 0 Å². The summed E-state index contributed by atoms with van der Waals surface area (Å²) in [4.78, 5) is 4.05. The molecule has 16 heavy (non-hydrogen) atoms. The fourth-order valence-corrected chi connectivity index (χ4v) is 2.11. The zero-order chi connectivity index (χ0) is 11.6. The van der Waals surface area contributed by atoms with Gasteiger partial charge in [-0.2, -0.15) is 0 Å². The highest BCUT2D eigenvalue weighted by Gasteiger charge is 2.20. The lowest BCUT2D eigenvalue weighted by molar-refractivity contribution is 0.458. The van der Waals surface area contributed by atoms with E-state index in [9.17, 15) is 8.42 Å². The minimum atomic E-state index is -3.04. The number of rotatable bonds is 6. The molecule has 6 heteroatoms. The maximum absolute atomic E-state index is 11.0. The van der Waals surface area contributed by atoms with Crippen LogP contribution in [0.1, 0.15) is 24.5 Å². The van der Waals surface area contributed by atoms with Crippen molar-refractivity contribution in [3.8, 4) is 0 Å². The van der Waals surface area contributed by atoms with E-state index in [4.69, 9.17) is 4.42 Å². The molecule has 1 aliphatic carbocycles. The van der Waals surface area contributed by atoms with Gasteiger partial charge in [-0.15, -0.1) is 0 Å². The Labute approximate surface area is 95.2 Å². The van der Waals surface area contributed by atoms with Crippen molar-refractivity contribution in [2.24, 2.45) is 0 Å². The third kappa shape index (κ3) is 3.94. The second kappa shape index (κ2) is 4.55. The predicted molar refractivity (Wildman–Crippen MR) is 59.8 cm³/mol. The molecule has 0 aromatic carbocycles. The molecule has 1 aromatic heterocycles. The fraction of sp³-hybridized carbons (Fsp3) is 0.700. The molecule has 1 fully saturated rings. The van der Waals surface area contributed by atoms with Crippen LogP contribution in [0.2, 0.25) is 0 Å². The molecule has 0 aliphatic heterocycles. The van der Waals surface area contributed by atoms with Gasteiger partial charge in [0.2, 0.25) is 0 Å². The maximum Gasteiger partial charge on any atom is 0.195 e. The van der Waals surface area contributed by atoms with Crippen molar-refractivity contribution in [3.63, 3.8) is 0 Å². The van der Waals surface area contributed by atoms with Crippen LogP contribution in [0.25, 0.3) is 0 Å². The molecule has 0 saturated heterocycles. The second-order valence-corrected chi connectivity index (χ2v) is 6.41. The Morgan fingerprint density at radius 3 is 2.94 bits per heavy atom. The van der Waals surface area contributed by atoms with Gasteiger partial charge in [0.15, 0.2) is 15.7 Å². The van der Waals surface area contributed by atoms with Gasteiger partial charge in [-0.25, -0.2) is 13.4 Å². The molecule has 2 rings (SSSR count). The minimum absolute atomic E-state index is 0.0734. The largest absolute Gasteiger partial charge is 0.445 e. The van der Waals surface area contributed by atoms with Crippen LogP contribution in [0.4, 0.5) is 0 Å². The highest BCUT2D eigenvalue weighted by molar-refractivity contribution is 7.89. The average Bonchev–Trinajstić information content (AvgIpc) is 2.86. The molecule has 0 unspecified atom stereocenters. The van der Waals surface area contributed by atoms with Gasteiger partial charge < -0.3 is 9.73 Å². The average molecular weight is 244 g/mol. The molecule has 1 heterocycles. The van der Waals surface area contributed by atoms with E-state index < -0.39 is 9.84 Å². The third-order valence-electron chi connectivity index (χ3n) is 2.36. The molecule has 90 valence electrons. The summed E-state index contributed by atoms with van der Waals surface area (Å²) >= 11 is 0. The fourth-order valence-electron chi connectivity index (χ4n) is 1.46. The van der Waals surface area contributed by atoms with E-state index in [-0.39, 0.29) is 5.75 Å². The highest BCUT2D eigenvalue weighted by atomic mass is 32.2. The first kappa shape index (κ1) is 11.6. The molecule has 5 nitrogen and oxygen atoms in total. The molecule has 0 amide bonds.